The van der Waals surface area contributed by atoms with E-state index >= 15 is 0 Å². The van der Waals surface area contributed by atoms with Gasteiger partial charge in [0.05, 0.1) is 11.5 Å². The van der Waals surface area contributed by atoms with Crippen molar-refractivity contribution in [1.29, 1.82) is 0 Å². The lowest BCUT2D eigenvalue weighted by Crippen LogP contribution is -2.28. The van der Waals surface area contributed by atoms with Crippen LogP contribution in [0.3, 0.4) is 0 Å². The van der Waals surface area contributed by atoms with Gasteiger partial charge in [-0.15, -0.1) is 12.3 Å². The maximum Gasteiger partial charge on any atom is 0.150 e. The molecule has 1 aliphatic rings. The molecule has 0 aromatic carbocycles. The zero-order valence-corrected chi connectivity index (χ0v) is 10.0. The Balaban J connectivity index is 2.37. The van der Waals surface area contributed by atoms with E-state index in [1.807, 2.05) is 7.05 Å². The van der Waals surface area contributed by atoms with Gasteiger partial charge >= 0.3 is 0 Å². The fourth-order valence-corrected chi connectivity index (χ4v) is 3.98. The fourth-order valence-electron chi connectivity index (χ4n) is 2.10. The summed E-state index contributed by atoms with van der Waals surface area (Å²) in [6.45, 7) is 0. The van der Waals surface area contributed by atoms with E-state index < -0.39 is 9.84 Å². The van der Waals surface area contributed by atoms with Crippen LogP contribution in [0.2, 0.25) is 0 Å². The van der Waals surface area contributed by atoms with Gasteiger partial charge < -0.3 is 5.32 Å². The average molecular weight is 229 g/mol. The van der Waals surface area contributed by atoms with Gasteiger partial charge in [-0.25, -0.2) is 8.42 Å². The van der Waals surface area contributed by atoms with Crippen LogP contribution in [0.1, 0.15) is 25.7 Å². The topological polar surface area (TPSA) is 46.2 Å². The van der Waals surface area contributed by atoms with Crippen molar-refractivity contribution >= 4 is 9.84 Å². The van der Waals surface area contributed by atoms with Gasteiger partial charge in [0.1, 0.15) is 0 Å². The van der Waals surface area contributed by atoms with Crippen molar-refractivity contribution in [3.63, 3.8) is 0 Å². The molecule has 0 saturated carbocycles. The maximum absolute atomic E-state index is 11.3. The molecule has 0 aliphatic carbocycles. The first kappa shape index (κ1) is 12.5. The molecule has 1 heterocycles. The summed E-state index contributed by atoms with van der Waals surface area (Å²) in [5, 5.41) is 3.20. The number of hydrogen-bond donors (Lipinski definition) is 1. The second-order valence-electron chi connectivity index (χ2n) is 4.23. The fraction of sp³-hybridized carbons (Fsp3) is 0.818. The largest absolute Gasteiger partial charge is 0.317 e. The molecule has 0 aromatic heterocycles. The van der Waals surface area contributed by atoms with Crippen molar-refractivity contribution in [2.24, 2.45) is 5.92 Å². The molecular formula is C11H19NO2S. The molecule has 1 N–H and O–H groups in total. The third-order valence-electron chi connectivity index (χ3n) is 2.99. The van der Waals surface area contributed by atoms with Gasteiger partial charge in [-0.2, -0.15) is 0 Å². The minimum Gasteiger partial charge on any atom is -0.317 e. The zero-order chi connectivity index (χ0) is 11.3. The van der Waals surface area contributed by atoms with Crippen molar-refractivity contribution in [3.05, 3.63) is 0 Å². The minimum atomic E-state index is -2.74. The number of rotatable bonds is 5. The average Bonchev–Trinajstić information content (AvgIpc) is 2.52. The first-order valence-electron chi connectivity index (χ1n) is 5.38. The van der Waals surface area contributed by atoms with Crippen molar-refractivity contribution in [2.75, 3.05) is 18.6 Å². The van der Waals surface area contributed by atoms with Crippen LogP contribution in [0.15, 0.2) is 0 Å². The Morgan fingerprint density at radius 1 is 1.60 bits per heavy atom. The lowest BCUT2D eigenvalue weighted by Gasteiger charge is -2.18. The summed E-state index contributed by atoms with van der Waals surface area (Å²) in [6.07, 6.45) is 8.64. The standard InChI is InChI=1S/C11H19NO2S/c1-3-4-5-11(12-2)8-10-6-7-15(13,14)9-10/h1,10-12H,4-9H2,2H3. The molecule has 0 amide bonds. The van der Waals surface area contributed by atoms with Crippen molar-refractivity contribution < 1.29 is 8.42 Å². The lowest BCUT2D eigenvalue weighted by atomic mass is 9.96. The van der Waals surface area contributed by atoms with Crippen LogP contribution in [0, 0.1) is 18.3 Å². The summed E-state index contributed by atoms with van der Waals surface area (Å²) in [6, 6.07) is 0.361. The molecule has 86 valence electrons. The smallest absolute Gasteiger partial charge is 0.150 e. The molecule has 1 rings (SSSR count). The second-order valence-corrected chi connectivity index (χ2v) is 6.46. The molecule has 2 unspecified atom stereocenters. The number of sulfone groups is 1. The third-order valence-corrected chi connectivity index (χ3v) is 4.83. The zero-order valence-electron chi connectivity index (χ0n) is 9.20. The second kappa shape index (κ2) is 5.53. The monoisotopic (exact) mass is 229 g/mol. The Labute approximate surface area is 92.6 Å². The molecule has 0 aromatic rings. The molecule has 1 aliphatic heterocycles. The molecule has 0 radical (unpaired) electrons. The lowest BCUT2D eigenvalue weighted by molar-refractivity contribution is 0.410. The van der Waals surface area contributed by atoms with Gasteiger partial charge in [-0.3, -0.25) is 0 Å². The molecule has 0 spiro atoms. The van der Waals surface area contributed by atoms with E-state index in [4.69, 9.17) is 6.42 Å². The normalized spacial score (nSPS) is 26.0. The predicted octanol–water partition coefficient (Wildman–Crippen LogP) is 0.813. The molecule has 1 saturated heterocycles. The molecular weight excluding hydrogens is 210 g/mol. The van der Waals surface area contributed by atoms with Crippen molar-refractivity contribution in [3.8, 4) is 12.3 Å². The van der Waals surface area contributed by atoms with Crippen LogP contribution in [0.4, 0.5) is 0 Å². The van der Waals surface area contributed by atoms with Crippen LogP contribution in [0.5, 0.6) is 0 Å². The Kier molecular flexibility index (Phi) is 4.62. The third kappa shape index (κ3) is 4.23. The van der Waals surface area contributed by atoms with Gasteiger partial charge in [-0.1, -0.05) is 0 Å². The van der Waals surface area contributed by atoms with Crippen molar-refractivity contribution in [1.82, 2.24) is 5.32 Å². The van der Waals surface area contributed by atoms with E-state index in [-0.39, 0.29) is 0 Å². The van der Waals surface area contributed by atoms with Crippen LogP contribution >= 0.6 is 0 Å². The van der Waals surface area contributed by atoms with E-state index in [0.29, 0.717) is 23.5 Å². The van der Waals surface area contributed by atoms with Crippen LogP contribution in [-0.4, -0.2) is 33.0 Å². The number of nitrogens with one attached hydrogen (secondary N) is 1. The van der Waals surface area contributed by atoms with Crippen LogP contribution < -0.4 is 5.32 Å². The molecule has 2 atom stereocenters. The minimum absolute atomic E-state index is 0.324. The Morgan fingerprint density at radius 3 is 2.80 bits per heavy atom. The summed E-state index contributed by atoms with van der Waals surface area (Å²) in [7, 11) is -0.831. The van der Waals surface area contributed by atoms with E-state index in [2.05, 4.69) is 11.2 Å². The molecule has 3 nitrogen and oxygen atoms in total. The van der Waals surface area contributed by atoms with E-state index in [9.17, 15) is 8.42 Å². The van der Waals surface area contributed by atoms with Gasteiger partial charge in [0, 0.05) is 12.5 Å². The summed E-state index contributed by atoms with van der Waals surface area (Å²) in [5.74, 6) is 3.67. The Morgan fingerprint density at radius 2 is 2.33 bits per heavy atom. The summed E-state index contributed by atoms with van der Waals surface area (Å²) < 4.78 is 22.5. The Bertz CT molecular complexity index is 329. The summed E-state index contributed by atoms with van der Waals surface area (Å²) in [4.78, 5) is 0. The van der Waals surface area contributed by atoms with Gasteiger partial charge in [0.25, 0.3) is 0 Å². The highest BCUT2D eigenvalue weighted by molar-refractivity contribution is 7.91. The van der Waals surface area contributed by atoms with E-state index in [1.54, 1.807) is 0 Å². The highest BCUT2D eigenvalue weighted by Gasteiger charge is 2.29. The first-order valence-corrected chi connectivity index (χ1v) is 7.20. The highest BCUT2D eigenvalue weighted by Crippen LogP contribution is 2.23. The predicted molar refractivity (Wildman–Crippen MR) is 62.3 cm³/mol. The summed E-state index contributed by atoms with van der Waals surface area (Å²) >= 11 is 0. The molecule has 15 heavy (non-hydrogen) atoms. The van der Waals surface area contributed by atoms with E-state index in [0.717, 1.165) is 25.7 Å². The van der Waals surface area contributed by atoms with Gasteiger partial charge in [-0.05, 0) is 32.2 Å². The maximum atomic E-state index is 11.3. The summed E-state index contributed by atoms with van der Waals surface area (Å²) in [5.41, 5.74) is 0. The SMILES string of the molecule is C#CCCC(CC1CCS(=O)(=O)C1)NC. The first-order chi connectivity index (χ1) is 7.07. The van der Waals surface area contributed by atoms with Crippen LogP contribution in [0.25, 0.3) is 0 Å². The Hall–Kier alpha value is -0.530. The van der Waals surface area contributed by atoms with Gasteiger partial charge in [0.2, 0.25) is 0 Å². The number of hydrogen-bond acceptors (Lipinski definition) is 3. The van der Waals surface area contributed by atoms with Crippen molar-refractivity contribution in [2.45, 2.75) is 31.7 Å². The molecule has 0 bridgehead atoms. The highest BCUT2D eigenvalue weighted by atomic mass is 32.2. The van der Waals surface area contributed by atoms with Gasteiger partial charge in [0.15, 0.2) is 9.84 Å². The molecule has 4 heteroatoms. The molecule has 1 fully saturated rings. The quantitative estimate of drug-likeness (QED) is 0.710. The number of terminal acetylenes is 1. The van der Waals surface area contributed by atoms with Crippen LogP contribution in [-0.2, 0) is 9.84 Å². The van der Waals surface area contributed by atoms with E-state index in [1.165, 1.54) is 0 Å².